The van der Waals surface area contributed by atoms with Crippen molar-refractivity contribution in [1.82, 2.24) is 5.32 Å². The molecule has 0 saturated heterocycles. The van der Waals surface area contributed by atoms with E-state index < -0.39 is 24.9 Å². The average molecular weight is 421 g/mol. The second-order valence-corrected chi connectivity index (χ2v) is 10.0. The molecule has 1 amide bonds. The summed E-state index contributed by atoms with van der Waals surface area (Å²) in [6.07, 6.45) is 0. The molecule has 2 aromatic carbocycles. The summed E-state index contributed by atoms with van der Waals surface area (Å²) in [6.45, 7) is 3.63. The Balaban J connectivity index is 2.40. The first kappa shape index (κ1) is 20.0. The molecule has 2 rings (SSSR count). The van der Waals surface area contributed by atoms with Gasteiger partial charge >= 0.3 is 0 Å². The Labute approximate surface area is 162 Å². The topological polar surface area (TPSA) is 63.2 Å². The molecule has 8 heteroatoms. The van der Waals surface area contributed by atoms with Gasteiger partial charge in [0.1, 0.15) is 0 Å². The number of aryl methyl sites for hydroxylation is 2. The third kappa shape index (κ3) is 4.88. The maximum atomic E-state index is 12.9. The van der Waals surface area contributed by atoms with E-state index >= 15 is 0 Å². The molecule has 0 radical (unpaired) electrons. The van der Waals surface area contributed by atoms with Gasteiger partial charge in [-0.05, 0) is 38.1 Å². The first-order valence-corrected chi connectivity index (χ1v) is 9.94. The Morgan fingerprint density at radius 1 is 1.00 bits per heavy atom. The van der Waals surface area contributed by atoms with Crippen molar-refractivity contribution >= 4 is 50.5 Å². The van der Waals surface area contributed by atoms with Gasteiger partial charge in [0.25, 0.3) is 5.91 Å². The highest BCUT2D eigenvalue weighted by atomic mass is 35.6. The van der Waals surface area contributed by atoms with Crippen LogP contribution in [0.4, 0.5) is 0 Å². The summed E-state index contributed by atoms with van der Waals surface area (Å²) >= 11 is 17.6. The lowest BCUT2D eigenvalue weighted by Gasteiger charge is -2.25. The number of hydrogen-bond acceptors (Lipinski definition) is 3. The Bertz CT molecular complexity index is 875. The van der Waals surface area contributed by atoms with E-state index in [1.54, 1.807) is 30.3 Å². The number of nitrogens with one attached hydrogen (secondary N) is 1. The van der Waals surface area contributed by atoms with Gasteiger partial charge in [0.05, 0.1) is 4.90 Å². The predicted molar refractivity (Wildman–Crippen MR) is 101 cm³/mol. The lowest BCUT2D eigenvalue weighted by molar-refractivity contribution is 0.0948. The van der Waals surface area contributed by atoms with Gasteiger partial charge < -0.3 is 5.32 Å². The zero-order valence-electron chi connectivity index (χ0n) is 13.5. The summed E-state index contributed by atoms with van der Waals surface area (Å²) < 4.78 is 23.5. The minimum atomic E-state index is -4.12. The molecule has 0 bridgehead atoms. The Morgan fingerprint density at radius 2 is 1.60 bits per heavy atom. The molecule has 1 atom stereocenters. The van der Waals surface area contributed by atoms with Crippen molar-refractivity contribution in [1.29, 1.82) is 0 Å². The van der Waals surface area contributed by atoms with E-state index in [0.717, 1.165) is 11.1 Å². The van der Waals surface area contributed by atoms with Gasteiger partial charge in [-0.2, -0.15) is 0 Å². The smallest absolute Gasteiger partial charge is 0.252 e. The van der Waals surface area contributed by atoms with Crippen molar-refractivity contribution in [3.63, 3.8) is 0 Å². The van der Waals surface area contributed by atoms with E-state index in [1.165, 1.54) is 12.1 Å². The molecule has 0 aliphatic carbocycles. The SMILES string of the molecule is Cc1ccc(S(=O)(=O)[C@H](NC(=O)c2cccc(C)c2)C(Cl)(Cl)Cl)cc1. The molecule has 1 N–H and O–H groups in total. The van der Waals surface area contributed by atoms with Gasteiger partial charge in [-0.1, -0.05) is 70.2 Å². The maximum absolute atomic E-state index is 12.9. The lowest BCUT2D eigenvalue weighted by Crippen LogP contribution is -2.49. The molecule has 0 saturated carbocycles. The summed E-state index contributed by atoms with van der Waals surface area (Å²) in [6, 6.07) is 12.7. The fraction of sp³-hybridized carbons (Fsp3) is 0.235. The number of hydrogen-bond donors (Lipinski definition) is 1. The lowest BCUT2D eigenvalue weighted by atomic mass is 10.1. The van der Waals surface area contributed by atoms with Gasteiger partial charge in [-0.25, -0.2) is 8.42 Å². The highest BCUT2D eigenvalue weighted by molar-refractivity contribution is 7.92. The number of rotatable bonds is 4. The van der Waals surface area contributed by atoms with Gasteiger partial charge in [0.15, 0.2) is 5.37 Å². The van der Waals surface area contributed by atoms with E-state index in [1.807, 2.05) is 19.9 Å². The summed E-state index contributed by atoms with van der Waals surface area (Å²) in [7, 11) is -4.12. The Morgan fingerprint density at radius 3 is 2.12 bits per heavy atom. The second kappa shape index (κ2) is 7.54. The van der Waals surface area contributed by atoms with Crippen LogP contribution in [-0.2, 0) is 9.84 Å². The minimum absolute atomic E-state index is 0.0426. The molecule has 0 spiro atoms. The van der Waals surface area contributed by atoms with Gasteiger partial charge in [-0.3, -0.25) is 4.79 Å². The van der Waals surface area contributed by atoms with Crippen LogP contribution in [0.5, 0.6) is 0 Å². The molecule has 25 heavy (non-hydrogen) atoms. The molecule has 0 aromatic heterocycles. The minimum Gasteiger partial charge on any atom is -0.332 e. The summed E-state index contributed by atoms with van der Waals surface area (Å²) in [5, 5.41) is 0.596. The van der Waals surface area contributed by atoms with Crippen LogP contribution in [0.1, 0.15) is 21.5 Å². The van der Waals surface area contributed by atoms with Crippen LogP contribution in [-0.4, -0.2) is 23.5 Å². The number of benzene rings is 2. The summed E-state index contributed by atoms with van der Waals surface area (Å²) in [5.74, 6) is -0.643. The van der Waals surface area contributed by atoms with E-state index in [9.17, 15) is 13.2 Å². The number of halogens is 3. The first-order chi connectivity index (χ1) is 11.5. The monoisotopic (exact) mass is 419 g/mol. The van der Waals surface area contributed by atoms with Gasteiger partial charge in [-0.15, -0.1) is 0 Å². The predicted octanol–water partition coefficient (Wildman–Crippen LogP) is 4.20. The standard InChI is InChI=1S/C17H16Cl3NO3S/c1-11-6-8-14(9-7-11)25(23,24)16(17(18,19)20)21-15(22)13-5-3-4-12(2)10-13/h3-10,16H,1-2H3,(H,21,22)/t16-/m0/s1. The summed E-state index contributed by atoms with van der Waals surface area (Å²) in [4.78, 5) is 12.4. The van der Waals surface area contributed by atoms with E-state index in [2.05, 4.69) is 5.32 Å². The molecular formula is C17H16Cl3NO3S. The second-order valence-electron chi connectivity index (χ2n) is 5.62. The number of carbonyl (C=O) groups is 1. The number of sulfone groups is 1. The quantitative estimate of drug-likeness (QED) is 0.754. The van der Waals surface area contributed by atoms with E-state index in [4.69, 9.17) is 34.8 Å². The molecule has 0 aliphatic rings. The molecule has 134 valence electrons. The molecule has 4 nitrogen and oxygen atoms in total. The van der Waals surface area contributed by atoms with Crippen LogP contribution in [0.15, 0.2) is 53.4 Å². The molecule has 0 unspecified atom stereocenters. The maximum Gasteiger partial charge on any atom is 0.252 e. The molecule has 0 aliphatic heterocycles. The van der Waals surface area contributed by atoms with Crippen molar-refractivity contribution in [2.24, 2.45) is 0 Å². The highest BCUT2D eigenvalue weighted by Crippen LogP contribution is 2.36. The van der Waals surface area contributed by atoms with Crippen LogP contribution < -0.4 is 5.32 Å². The molecular weight excluding hydrogens is 405 g/mol. The van der Waals surface area contributed by atoms with Crippen LogP contribution in [0, 0.1) is 13.8 Å². The Kier molecular flexibility index (Phi) is 6.05. The average Bonchev–Trinajstić information content (AvgIpc) is 2.51. The van der Waals surface area contributed by atoms with Crippen molar-refractivity contribution in [2.45, 2.75) is 27.9 Å². The number of carbonyl (C=O) groups excluding carboxylic acids is 1. The number of alkyl halides is 3. The molecule has 0 fully saturated rings. The highest BCUT2D eigenvalue weighted by Gasteiger charge is 2.44. The normalized spacial score (nSPS) is 13.3. The van der Waals surface area contributed by atoms with Crippen LogP contribution >= 0.6 is 34.8 Å². The third-order valence-electron chi connectivity index (χ3n) is 3.50. The fourth-order valence-corrected chi connectivity index (χ4v) is 4.81. The molecule has 0 heterocycles. The Hall–Kier alpha value is -1.27. The van der Waals surface area contributed by atoms with Crippen molar-refractivity contribution in [3.05, 3.63) is 65.2 Å². The van der Waals surface area contributed by atoms with Crippen LogP contribution in [0.25, 0.3) is 0 Å². The van der Waals surface area contributed by atoms with Crippen LogP contribution in [0.2, 0.25) is 0 Å². The van der Waals surface area contributed by atoms with E-state index in [-0.39, 0.29) is 10.5 Å². The van der Waals surface area contributed by atoms with Crippen LogP contribution in [0.3, 0.4) is 0 Å². The van der Waals surface area contributed by atoms with Crippen molar-refractivity contribution in [3.8, 4) is 0 Å². The van der Waals surface area contributed by atoms with E-state index in [0.29, 0.717) is 0 Å². The zero-order chi connectivity index (χ0) is 18.8. The molecule has 2 aromatic rings. The zero-order valence-corrected chi connectivity index (χ0v) is 16.5. The number of amides is 1. The van der Waals surface area contributed by atoms with Crippen molar-refractivity contribution < 1.29 is 13.2 Å². The summed E-state index contributed by atoms with van der Waals surface area (Å²) in [5.41, 5.74) is 2.01. The largest absolute Gasteiger partial charge is 0.332 e. The first-order valence-electron chi connectivity index (χ1n) is 7.26. The fourth-order valence-electron chi connectivity index (χ4n) is 2.19. The van der Waals surface area contributed by atoms with Gasteiger partial charge in [0.2, 0.25) is 13.6 Å². The van der Waals surface area contributed by atoms with Crippen molar-refractivity contribution in [2.75, 3.05) is 0 Å². The third-order valence-corrected chi connectivity index (χ3v) is 6.56. The van der Waals surface area contributed by atoms with Gasteiger partial charge in [0, 0.05) is 5.56 Å².